The molecule has 0 aliphatic heterocycles. The molecule has 94 valence electrons. The fraction of sp³-hybridized carbons (Fsp3) is 0.154. The zero-order valence-corrected chi connectivity index (χ0v) is 10.8. The van der Waals surface area contributed by atoms with Crippen molar-refractivity contribution in [2.75, 3.05) is 11.1 Å². The Hall–Kier alpha value is -2.01. The van der Waals surface area contributed by atoms with E-state index in [1.54, 1.807) is 6.07 Å². The lowest BCUT2D eigenvalue weighted by atomic mass is 10.1. The molecular weight excluding hydrogens is 246 g/mol. The molecule has 5 heteroatoms. The van der Waals surface area contributed by atoms with Gasteiger partial charge in [0.05, 0.1) is 10.7 Å². The number of hydrogen-bond acceptors (Lipinski definition) is 4. The van der Waals surface area contributed by atoms with E-state index in [0.717, 1.165) is 5.00 Å². The Morgan fingerprint density at radius 2 is 2.00 bits per heavy atom. The summed E-state index contributed by atoms with van der Waals surface area (Å²) in [4.78, 5) is 11.5. The van der Waals surface area contributed by atoms with Crippen LogP contribution >= 0.6 is 11.3 Å². The molecule has 0 radical (unpaired) electrons. The van der Waals surface area contributed by atoms with E-state index in [9.17, 15) is 4.79 Å². The first kappa shape index (κ1) is 12.4. The minimum absolute atomic E-state index is 0.143. The SMILES string of the molecule is CC(Nc1cc(N)c(C(N)=O)s1)c1ccccc1. The minimum Gasteiger partial charge on any atom is -0.397 e. The standard InChI is InChI=1S/C13H15N3OS/c1-8(9-5-3-2-4-6-9)16-11-7-10(14)12(18-11)13(15)17/h2-8,16H,14H2,1H3,(H2,15,17). The van der Waals surface area contributed by atoms with Gasteiger partial charge in [-0.15, -0.1) is 11.3 Å². The number of rotatable bonds is 4. The number of nitrogen functional groups attached to an aromatic ring is 1. The Bertz CT molecular complexity index is 551. The van der Waals surface area contributed by atoms with Gasteiger partial charge in [-0.1, -0.05) is 30.3 Å². The summed E-state index contributed by atoms with van der Waals surface area (Å²) in [5.74, 6) is -0.488. The molecule has 0 spiro atoms. The van der Waals surface area contributed by atoms with Crippen molar-refractivity contribution in [2.45, 2.75) is 13.0 Å². The predicted octanol–water partition coefficient (Wildman–Crippen LogP) is 2.60. The number of carbonyl (C=O) groups is 1. The zero-order chi connectivity index (χ0) is 13.1. The Kier molecular flexibility index (Phi) is 3.53. The van der Waals surface area contributed by atoms with E-state index in [4.69, 9.17) is 11.5 Å². The Labute approximate surface area is 110 Å². The number of benzene rings is 1. The molecule has 0 aliphatic carbocycles. The topological polar surface area (TPSA) is 81.1 Å². The molecule has 0 fully saturated rings. The van der Waals surface area contributed by atoms with Crippen molar-refractivity contribution < 1.29 is 4.79 Å². The molecule has 1 heterocycles. The third kappa shape index (κ3) is 2.62. The monoisotopic (exact) mass is 261 g/mol. The van der Waals surface area contributed by atoms with Crippen molar-refractivity contribution in [1.82, 2.24) is 0 Å². The summed E-state index contributed by atoms with van der Waals surface area (Å²) in [5.41, 5.74) is 12.6. The Morgan fingerprint density at radius 3 is 2.56 bits per heavy atom. The maximum Gasteiger partial charge on any atom is 0.260 e. The van der Waals surface area contributed by atoms with Crippen molar-refractivity contribution in [3.8, 4) is 0 Å². The predicted molar refractivity (Wildman–Crippen MR) is 75.7 cm³/mol. The second-order valence-corrected chi connectivity index (χ2v) is 5.09. The molecule has 18 heavy (non-hydrogen) atoms. The molecule has 2 aromatic rings. The van der Waals surface area contributed by atoms with Gasteiger partial charge >= 0.3 is 0 Å². The molecule has 1 unspecified atom stereocenters. The molecule has 0 saturated heterocycles. The van der Waals surface area contributed by atoms with Gasteiger partial charge in [0.1, 0.15) is 4.88 Å². The van der Waals surface area contributed by atoms with Crippen LogP contribution in [0.25, 0.3) is 0 Å². The van der Waals surface area contributed by atoms with Crippen LogP contribution in [0.3, 0.4) is 0 Å². The molecule has 0 aliphatic rings. The van der Waals surface area contributed by atoms with Crippen LogP contribution in [-0.4, -0.2) is 5.91 Å². The molecule has 0 saturated carbocycles. The lowest BCUT2D eigenvalue weighted by Gasteiger charge is -2.13. The van der Waals surface area contributed by atoms with Crippen LogP contribution in [0.5, 0.6) is 0 Å². The normalized spacial score (nSPS) is 12.1. The number of primary amides is 1. The van der Waals surface area contributed by atoms with E-state index in [-0.39, 0.29) is 6.04 Å². The highest BCUT2D eigenvalue weighted by Gasteiger charge is 2.13. The molecule has 2 rings (SSSR count). The summed E-state index contributed by atoms with van der Waals surface area (Å²) in [7, 11) is 0. The minimum atomic E-state index is -0.488. The largest absolute Gasteiger partial charge is 0.397 e. The second kappa shape index (κ2) is 5.10. The average molecular weight is 261 g/mol. The molecule has 1 aromatic carbocycles. The van der Waals surface area contributed by atoms with Gasteiger partial charge in [0, 0.05) is 6.04 Å². The Balaban J connectivity index is 2.15. The molecule has 1 aromatic heterocycles. The number of nitrogens with one attached hydrogen (secondary N) is 1. The van der Waals surface area contributed by atoms with E-state index >= 15 is 0 Å². The number of thiophene rings is 1. The number of anilines is 2. The number of nitrogens with two attached hydrogens (primary N) is 2. The van der Waals surface area contributed by atoms with Crippen molar-refractivity contribution in [3.63, 3.8) is 0 Å². The summed E-state index contributed by atoms with van der Waals surface area (Å²) in [6, 6.07) is 11.9. The van der Waals surface area contributed by atoms with Gasteiger partial charge in [-0.05, 0) is 18.6 Å². The fourth-order valence-electron chi connectivity index (χ4n) is 1.71. The van der Waals surface area contributed by atoms with Crippen molar-refractivity contribution >= 4 is 27.9 Å². The number of hydrogen-bond donors (Lipinski definition) is 3. The summed E-state index contributed by atoms with van der Waals surface area (Å²) < 4.78 is 0. The van der Waals surface area contributed by atoms with Gasteiger partial charge in [0.25, 0.3) is 5.91 Å². The van der Waals surface area contributed by atoms with Gasteiger partial charge in [-0.2, -0.15) is 0 Å². The van der Waals surface area contributed by atoms with E-state index in [1.165, 1.54) is 16.9 Å². The number of carbonyl (C=O) groups excluding carboxylic acids is 1. The van der Waals surface area contributed by atoms with Crippen LogP contribution in [0.2, 0.25) is 0 Å². The number of amides is 1. The zero-order valence-electron chi connectivity index (χ0n) is 10.0. The highest BCUT2D eigenvalue weighted by Crippen LogP contribution is 2.31. The van der Waals surface area contributed by atoms with Crippen molar-refractivity contribution in [3.05, 3.63) is 46.8 Å². The Morgan fingerprint density at radius 1 is 1.33 bits per heavy atom. The van der Waals surface area contributed by atoms with Crippen LogP contribution in [0.15, 0.2) is 36.4 Å². The van der Waals surface area contributed by atoms with Gasteiger partial charge in [-0.3, -0.25) is 4.79 Å². The third-order valence-electron chi connectivity index (χ3n) is 2.64. The van der Waals surface area contributed by atoms with Crippen LogP contribution in [0.1, 0.15) is 28.2 Å². The molecule has 4 nitrogen and oxygen atoms in total. The summed E-state index contributed by atoms with van der Waals surface area (Å²) in [6.45, 7) is 2.05. The van der Waals surface area contributed by atoms with E-state index in [2.05, 4.69) is 12.2 Å². The summed E-state index contributed by atoms with van der Waals surface area (Å²) in [6.07, 6.45) is 0. The molecule has 0 bridgehead atoms. The van der Waals surface area contributed by atoms with E-state index < -0.39 is 5.91 Å². The lowest BCUT2D eigenvalue weighted by Crippen LogP contribution is -2.10. The first-order valence-electron chi connectivity index (χ1n) is 5.58. The first-order chi connectivity index (χ1) is 8.58. The highest BCUT2D eigenvalue weighted by molar-refractivity contribution is 7.18. The van der Waals surface area contributed by atoms with Crippen molar-refractivity contribution in [2.24, 2.45) is 5.73 Å². The van der Waals surface area contributed by atoms with Crippen LogP contribution in [0.4, 0.5) is 10.7 Å². The van der Waals surface area contributed by atoms with E-state index in [1.807, 2.05) is 30.3 Å². The van der Waals surface area contributed by atoms with Crippen LogP contribution in [0, 0.1) is 0 Å². The quantitative estimate of drug-likeness (QED) is 0.791. The molecule has 5 N–H and O–H groups in total. The lowest BCUT2D eigenvalue weighted by molar-refractivity contribution is 0.100. The molecular formula is C13H15N3OS. The maximum absolute atomic E-state index is 11.1. The average Bonchev–Trinajstić information content (AvgIpc) is 2.71. The third-order valence-corrected chi connectivity index (χ3v) is 3.74. The van der Waals surface area contributed by atoms with Gasteiger partial charge in [0.15, 0.2) is 0 Å². The highest BCUT2D eigenvalue weighted by atomic mass is 32.1. The second-order valence-electron chi connectivity index (χ2n) is 4.04. The van der Waals surface area contributed by atoms with Crippen LogP contribution in [-0.2, 0) is 0 Å². The van der Waals surface area contributed by atoms with Crippen molar-refractivity contribution in [1.29, 1.82) is 0 Å². The smallest absolute Gasteiger partial charge is 0.260 e. The van der Waals surface area contributed by atoms with Gasteiger partial charge in [0.2, 0.25) is 0 Å². The first-order valence-corrected chi connectivity index (χ1v) is 6.40. The van der Waals surface area contributed by atoms with Gasteiger partial charge in [-0.25, -0.2) is 0 Å². The maximum atomic E-state index is 11.1. The summed E-state index contributed by atoms with van der Waals surface area (Å²) >= 11 is 1.28. The van der Waals surface area contributed by atoms with E-state index in [0.29, 0.717) is 10.6 Å². The summed E-state index contributed by atoms with van der Waals surface area (Å²) in [5, 5.41) is 4.15. The van der Waals surface area contributed by atoms with Crippen LogP contribution < -0.4 is 16.8 Å². The molecule has 1 atom stereocenters. The fourth-order valence-corrected chi connectivity index (χ4v) is 2.63. The van der Waals surface area contributed by atoms with Gasteiger partial charge < -0.3 is 16.8 Å². The molecule has 1 amide bonds.